The SMILES string of the molecule is Cc1ccnc(Oc2ccc(-c3cc4c(cc3F)ncc3nc(C)n([C@H]5CCN(CC#N)CC5F)c34)c(Cl)c2)n1.S.S. The van der Waals surface area contributed by atoms with Gasteiger partial charge >= 0.3 is 6.01 Å². The molecule has 6 rings (SSSR count). The van der Waals surface area contributed by atoms with E-state index in [0.717, 1.165) is 5.69 Å². The van der Waals surface area contributed by atoms with Crippen LogP contribution in [-0.4, -0.2) is 55.2 Å². The van der Waals surface area contributed by atoms with E-state index in [0.29, 0.717) is 52.0 Å². The normalized spacial score (nSPS) is 17.0. The zero-order valence-electron chi connectivity index (χ0n) is 22.8. The van der Waals surface area contributed by atoms with Crippen molar-refractivity contribution in [2.24, 2.45) is 0 Å². The lowest BCUT2D eigenvalue weighted by Crippen LogP contribution is -2.43. The number of benzene rings is 2. The number of aromatic nitrogens is 5. The molecule has 3 aromatic heterocycles. The number of alkyl halides is 1. The van der Waals surface area contributed by atoms with E-state index >= 15 is 8.78 Å². The molecule has 5 aromatic rings. The molecule has 2 aromatic carbocycles. The quantitative estimate of drug-likeness (QED) is 0.203. The van der Waals surface area contributed by atoms with Gasteiger partial charge in [0.2, 0.25) is 0 Å². The van der Waals surface area contributed by atoms with E-state index in [1.165, 1.54) is 6.07 Å². The number of hydrogen-bond donors (Lipinski definition) is 0. The van der Waals surface area contributed by atoms with Gasteiger partial charge in [0.1, 0.15) is 29.1 Å². The zero-order valence-corrected chi connectivity index (χ0v) is 25.5. The maximum Gasteiger partial charge on any atom is 0.322 e. The van der Waals surface area contributed by atoms with Gasteiger partial charge in [-0.1, -0.05) is 11.6 Å². The van der Waals surface area contributed by atoms with Crippen LogP contribution in [0.25, 0.3) is 33.1 Å². The van der Waals surface area contributed by atoms with E-state index in [2.05, 4.69) is 26.0 Å². The van der Waals surface area contributed by atoms with E-state index in [1.54, 1.807) is 42.7 Å². The maximum atomic E-state index is 15.5. The van der Waals surface area contributed by atoms with Crippen LogP contribution < -0.4 is 4.74 Å². The summed E-state index contributed by atoms with van der Waals surface area (Å²) in [6.45, 7) is 4.61. The standard InChI is InChI=1S/C29H24ClF2N7O.2H2S/c1-16-5-8-34-29(36-16)40-18-3-4-19(22(30)11-18)20-12-21-25(13-23(20)31)35-14-26-28(21)39(17(2)37-26)27-6-9-38(10-7-33)15-24(27)32;;/h3-5,8,11-14,24,27H,6,9-10,15H2,1-2H3;2*1H2/t24?,27-;;/m0../s1. The first-order chi connectivity index (χ1) is 19.3. The number of pyridine rings is 1. The molecule has 4 heterocycles. The Bertz CT molecular complexity index is 1810. The molecule has 1 saturated heterocycles. The second-order valence-electron chi connectivity index (χ2n) is 9.86. The number of likely N-dealkylation sites (tertiary alicyclic amines) is 1. The highest BCUT2D eigenvalue weighted by Gasteiger charge is 2.33. The zero-order chi connectivity index (χ0) is 28.0. The summed E-state index contributed by atoms with van der Waals surface area (Å²) in [5.41, 5.74) is 3.22. The van der Waals surface area contributed by atoms with Crippen molar-refractivity contribution in [3.8, 4) is 29.0 Å². The van der Waals surface area contributed by atoms with Gasteiger partial charge in [-0.25, -0.2) is 23.7 Å². The van der Waals surface area contributed by atoms with E-state index in [9.17, 15) is 0 Å². The van der Waals surface area contributed by atoms with Crippen molar-refractivity contribution in [2.45, 2.75) is 32.5 Å². The highest BCUT2D eigenvalue weighted by atomic mass is 35.5. The summed E-state index contributed by atoms with van der Waals surface area (Å²) in [5, 5.41) is 9.95. The fraction of sp³-hybridized carbons (Fsp3) is 0.276. The molecule has 42 heavy (non-hydrogen) atoms. The fourth-order valence-corrected chi connectivity index (χ4v) is 5.65. The van der Waals surface area contributed by atoms with Crippen LogP contribution in [-0.2, 0) is 0 Å². The van der Waals surface area contributed by atoms with Crippen molar-refractivity contribution in [1.82, 2.24) is 29.4 Å². The molecule has 2 atom stereocenters. The van der Waals surface area contributed by atoms with Crippen LogP contribution >= 0.6 is 38.6 Å². The summed E-state index contributed by atoms with van der Waals surface area (Å²) in [4.78, 5) is 19.2. The number of nitriles is 1. The molecule has 0 aliphatic carbocycles. The minimum atomic E-state index is -1.19. The number of fused-ring (bicyclic) bond motifs is 3. The average molecular weight is 628 g/mol. The summed E-state index contributed by atoms with van der Waals surface area (Å²) in [6, 6.07) is 11.6. The molecule has 1 aliphatic rings. The van der Waals surface area contributed by atoms with Gasteiger partial charge in [0.15, 0.2) is 0 Å². The first-order valence-corrected chi connectivity index (χ1v) is 13.2. The lowest BCUT2D eigenvalue weighted by molar-refractivity contribution is 0.0996. The van der Waals surface area contributed by atoms with Crippen molar-refractivity contribution in [3.63, 3.8) is 0 Å². The summed E-state index contributed by atoms with van der Waals surface area (Å²) < 4.78 is 38.5. The Balaban J connectivity index is 0.00000202. The fourth-order valence-electron chi connectivity index (χ4n) is 5.37. The molecule has 0 spiro atoms. The molecule has 0 amide bonds. The number of piperidine rings is 1. The molecular formula is C29H28ClF2N7OS2. The predicted octanol–water partition coefficient (Wildman–Crippen LogP) is 6.58. The second kappa shape index (κ2) is 12.8. The molecule has 1 unspecified atom stereocenters. The number of hydrogen-bond acceptors (Lipinski definition) is 7. The van der Waals surface area contributed by atoms with Gasteiger partial charge in [-0.15, -0.1) is 0 Å². The number of nitrogens with zero attached hydrogens (tertiary/aromatic N) is 7. The molecule has 1 aliphatic heterocycles. The number of ether oxygens (including phenoxy) is 1. The molecular weight excluding hydrogens is 600 g/mol. The number of rotatable bonds is 5. The third kappa shape index (κ3) is 5.87. The summed E-state index contributed by atoms with van der Waals surface area (Å²) in [7, 11) is 0. The Morgan fingerprint density at radius 3 is 2.60 bits per heavy atom. The summed E-state index contributed by atoms with van der Waals surface area (Å²) in [5.74, 6) is 0.567. The molecule has 8 nitrogen and oxygen atoms in total. The van der Waals surface area contributed by atoms with E-state index < -0.39 is 18.0 Å². The minimum absolute atomic E-state index is 0. The Kier molecular flexibility index (Phi) is 9.57. The van der Waals surface area contributed by atoms with Gasteiger partial charge < -0.3 is 9.30 Å². The van der Waals surface area contributed by atoms with Crippen LogP contribution in [0, 0.1) is 31.0 Å². The highest BCUT2D eigenvalue weighted by molar-refractivity contribution is 7.59. The van der Waals surface area contributed by atoms with E-state index in [4.69, 9.17) is 21.6 Å². The van der Waals surface area contributed by atoms with Crippen molar-refractivity contribution in [1.29, 1.82) is 5.26 Å². The van der Waals surface area contributed by atoms with Gasteiger partial charge in [-0.2, -0.15) is 32.3 Å². The highest BCUT2D eigenvalue weighted by Crippen LogP contribution is 2.38. The van der Waals surface area contributed by atoms with Crippen LogP contribution in [0.5, 0.6) is 11.8 Å². The lowest BCUT2D eigenvalue weighted by Gasteiger charge is -2.35. The van der Waals surface area contributed by atoms with Gasteiger partial charge in [0.05, 0.1) is 40.9 Å². The van der Waals surface area contributed by atoms with Crippen LogP contribution in [0.3, 0.4) is 0 Å². The van der Waals surface area contributed by atoms with Crippen molar-refractivity contribution >= 4 is 60.5 Å². The second-order valence-corrected chi connectivity index (χ2v) is 10.3. The Hall–Kier alpha value is -3.50. The first kappa shape index (κ1) is 31.4. The molecule has 1 fully saturated rings. The monoisotopic (exact) mass is 627 g/mol. The van der Waals surface area contributed by atoms with Crippen LogP contribution in [0.4, 0.5) is 8.78 Å². The Morgan fingerprint density at radius 1 is 1.07 bits per heavy atom. The molecule has 218 valence electrons. The third-order valence-corrected chi connectivity index (χ3v) is 7.52. The predicted molar refractivity (Wildman–Crippen MR) is 168 cm³/mol. The van der Waals surface area contributed by atoms with Crippen LogP contribution in [0.2, 0.25) is 5.02 Å². The van der Waals surface area contributed by atoms with Gasteiger partial charge in [0.25, 0.3) is 0 Å². The topological polar surface area (TPSA) is 92.8 Å². The Morgan fingerprint density at radius 2 is 1.88 bits per heavy atom. The molecule has 0 N–H and O–H groups in total. The molecule has 13 heteroatoms. The van der Waals surface area contributed by atoms with Crippen molar-refractivity contribution in [2.75, 3.05) is 19.6 Å². The summed E-state index contributed by atoms with van der Waals surface area (Å²) >= 11 is 6.62. The molecule has 0 saturated carbocycles. The molecule has 0 radical (unpaired) electrons. The van der Waals surface area contributed by atoms with E-state index in [1.807, 2.05) is 23.3 Å². The number of aryl methyl sites for hydroxylation is 2. The third-order valence-electron chi connectivity index (χ3n) is 7.21. The smallest absolute Gasteiger partial charge is 0.322 e. The minimum Gasteiger partial charge on any atom is -0.424 e. The average Bonchev–Trinajstić information content (AvgIpc) is 3.25. The maximum absolute atomic E-state index is 15.5. The molecule has 0 bridgehead atoms. The van der Waals surface area contributed by atoms with Crippen molar-refractivity contribution < 1.29 is 13.5 Å². The number of imidazole rings is 1. The van der Waals surface area contributed by atoms with E-state index in [-0.39, 0.29) is 56.7 Å². The van der Waals surface area contributed by atoms with Crippen LogP contribution in [0.15, 0.2) is 48.8 Å². The first-order valence-electron chi connectivity index (χ1n) is 12.8. The largest absolute Gasteiger partial charge is 0.424 e. The van der Waals surface area contributed by atoms with Gasteiger partial charge in [-0.05, 0) is 44.5 Å². The van der Waals surface area contributed by atoms with Gasteiger partial charge in [0, 0.05) is 53.6 Å². The number of halogens is 3. The van der Waals surface area contributed by atoms with Crippen molar-refractivity contribution in [3.05, 3.63) is 71.2 Å². The lowest BCUT2D eigenvalue weighted by atomic mass is 10.00. The summed E-state index contributed by atoms with van der Waals surface area (Å²) in [6.07, 6.45) is 2.51. The van der Waals surface area contributed by atoms with Crippen LogP contribution in [0.1, 0.15) is 24.0 Å². The Labute approximate surface area is 260 Å². The van der Waals surface area contributed by atoms with Gasteiger partial charge in [-0.3, -0.25) is 9.88 Å².